The number of thioether (sulfide) groups is 3. The van der Waals surface area contributed by atoms with Crippen molar-refractivity contribution in [2.24, 2.45) is 35.0 Å². The first-order chi connectivity index (χ1) is 16.9. The zero-order valence-electron chi connectivity index (χ0n) is 25.8. The minimum Gasteiger partial charge on any atom is -0.328 e. The average molecular weight is 566 g/mol. The monoisotopic (exact) mass is 565 g/mol. The summed E-state index contributed by atoms with van der Waals surface area (Å²) in [5, 5.41) is 0. The average Bonchev–Trinajstić information content (AvgIpc) is 2.75. The van der Waals surface area contributed by atoms with Crippen LogP contribution in [0.2, 0.25) is 0 Å². The molecular formula is C30H67N3S3. The van der Waals surface area contributed by atoms with Crippen molar-refractivity contribution in [1.82, 2.24) is 0 Å². The molecule has 0 heterocycles. The van der Waals surface area contributed by atoms with Gasteiger partial charge in [-0.3, -0.25) is 0 Å². The summed E-state index contributed by atoms with van der Waals surface area (Å²) in [7, 11) is 0. The van der Waals surface area contributed by atoms with Crippen molar-refractivity contribution in [3.8, 4) is 0 Å². The minimum absolute atomic E-state index is 0.354. The summed E-state index contributed by atoms with van der Waals surface area (Å²) in [6.07, 6.45) is 13.3. The summed E-state index contributed by atoms with van der Waals surface area (Å²) in [5.41, 5.74) is 16.9. The highest BCUT2D eigenvalue weighted by atomic mass is 32.2. The van der Waals surface area contributed by atoms with Gasteiger partial charge < -0.3 is 17.2 Å². The van der Waals surface area contributed by atoms with Gasteiger partial charge in [0, 0.05) is 23.9 Å². The molecule has 6 heteroatoms. The Morgan fingerprint density at radius 1 is 0.472 bits per heavy atom. The lowest BCUT2D eigenvalue weighted by atomic mass is 10.1. The minimum atomic E-state index is 0.354. The molecule has 0 aromatic rings. The first-order valence-electron chi connectivity index (χ1n) is 14.5. The van der Waals surface area contributed by atoms with E-state index in [2.05, 4.69) is 74.5 Å². The summed E-state index contributed by atoms with van der Waals surface area (Å²) in [5.74, 6) is 9.88. The van der Waals surface area contributed by atoms with E-state index in [4.69, 9.17) is 17.2 Å². The van der Waals surface area contributed by atoms with Gasteiger partial charge in [0.25, 0.3) is 0 Å². The molecule has 0 aliphatic heterocycles. The van der Waals surface area contributed by atoms with Gasteiger partial charge in [0.1, 0.15) is 0 Å². The Kier molecular flexibility index (Phi) is 36.5. The summed E-state index contributed by atoms with van der Waals surface area (Å²) < 4.78 is 0. The molecule has 0 radical (unpaired) electrons. The van der Waals surface area contributed by atoms with Gasteiger partial charge >= 0.3 is 0 Å². The molecule has 3 nitrogen and oxygen atoms in total. The van der Waals surface area contributed by atoms with Crippen molar-refractivity contribution in [2.75, 3.05) is 34.5 Å². The van der Waals surface area contributed by atoms with E-state index in [9.17, 15) is 0 Å². The van der Waals surface area contributed by atoms with E-state index >= 15 is 0 Å². The second-order valence-electron chi connectivity index (χ2n) is 11.4. The smallest absolute Gasteiger partial charge is 0.0113 e. The van der Waals surface area contributed by atoms with Crippen molar-refractivity contribution >= 4 is 35.3 Å². The lowest BCUT2D eigenvalue weighted by molar-refractivity contribution is 0.579. The highest BCUT2D eigenvalue weighted by Crippen LogP contribution is 2.11. The maximum absolute atomic E-state index is 5.64. The highest BCUT2D eigenvalue weighted by Gasteiger charge is 1.97. The Bertz CT molecular complexity index is 404. The molecule has 0 saturated heterocycles. The van der Waals surface area contributed by atoms with Gasteiger partial charge in [-0.05, 0) is 106 Å². The first-order valence-corrected chi connectivity index (χ1v) is 18.0. The van der Waals surface area contributed by atoms with Crippen LogP contribution in [-0.2, 0) is 0 Å². The van der Waals surface area contributed by atoms with E-state index in [0.717, 1.165) is 42.8 Å². The van der Waals surface area contributed by atoms with Crippen LogP contribution in [0.3, 0.4) is 0 Å². The third-order valence-electron chi connectivity index (χ3n) is 5.05. The number of hydrogen-bond donors (Lipinski definition) is 3. The normalized spacial score (nSPS) is 14.0. The van der Waals surface area contributed by atoms with Crippen LogP contribution >= 0.6 is 35.3 Å². The Hall–Kier alpha value is 0.670. The Balaban J connectivity index is -0.000000455. The molecule has 0 unspecified atom stereocenters. The van der Waals surface area contributed by atoms with Gasteiger partial charge in [0.05, 0.1) is 0 Å². The van der Waals surface area contributed by atoms with Gasteiger partial charge in [-0.2, -0.15) is 35.3 Å². The topological polar surface area (TPSA) is 78.1 Å². The molecule has 0 bridgehead atoms. The molecule has 0 fully saturated rings. The van der Waals surface area contributed by atoms with Gasteiger partial charge in [0.15, 0.2) is 0 Å². The van der Waals surface area contributed by atoms with Crippen LogP contribution in [-0.4, -0.2) is 52.6 Å². The van der Waals surface area contributed by atoms with Crippen LogP contribution < -0.4 is 17.2 Å². The summed E-state index contributed by atoms with van der Waals surface area (Å²) >= 11 is 6.04. The number of allylic oxidation sites excluding steroid dienone is 1. The zero-order valence-corrected chi connectivity index (χ0v) is 28.2. The van der Waals surface area contributed by atoms with Crippen LogP contribution in [0.25, 0.3) is 0 Å². The Morgan fingerprint density at radius 2 is 0.889 bits per heavy atom. The molecule has 6 N–H and O–H groups in total. The predicted octanol–water partition coefficient (Wildman–Crippen LogP) is 8.46. The molecule has 0 aromatic heterocycles. The SMILES string of the molecule is CC(C)C/C=C/CSCC[C@@H](C)N.CC(C)CCCSCC[C@@H](C)N.CC(C)CCSCC[C@@H](C)N. The van der Waals surface area contributed by atoms with Gasteiger partial charge in [-0.25, -0.2) is 0 Å². The molecule has 220 valence electrons. The number of hydrogen-bond acceptors (Lipinski definition) is 6. The molecule has 0 aliphatic rings. The van der Waals surface area contributed by atoms with E-state index in [0.29, 0.717) is 18.1 Å². The van der Waals surface area contributed by atoms with Crippen molar-refractivity contribution in [2.45, 2.75) is 125 Å². The molecule has 3 atom stereocenters. The lowest BCUT2D eigenvalue weighted by Gasteiger charge is -2.05. The van der Waals surface area contributed by atoms with Crippen molar-refractivity contribution in [3.05, 3.63) is 12.2 Å². The van der Waals surface area contributed by atoms with E-state index in [-0.39, 0.29) is 0 Å². The van der Waals surface area contributed by atoms with Crippen LogP contribution in [0.5, 0.6) is 0 Å². The van der Waals surface area contributed by atoms with E-state index in [1.54, 1.807) is 0 Å². The first kappa shape index (κ1) is 41.2. The van der Waals surface area contributed by atoms with Crippen molar-refractivity contribution < 1.29 is 0 Å². The molecule has 36 heavy (non-hydrogen) atoms. The Morgan fingerprint density at radius 3 is 1.31 bits per heavy atom. The van der Waals surface area contributed by atoms with E-state index in [1.807, 2.05) is 35.3 Å². The van der Waals surface area contributed by atoms with Gasteiger partial charge in [0.2, 0.25) is 0 Å². The van der Waals surface area contributed by atoms with E-state index in [1.165, 1.54) is 54.4 Å². The molecule has 0 aliphatic carbocycles. The third kappa shape index (κ3) is 51.3. The quantitative estimate of drug-likeness (QED) is 0.101. The second kappa shape index (κ2) is 31.9. The number of nitrogens with two attached hydrogens (primary N) is 3. The second-order valence-corrected chi connectivity index (χ2v) is 15.0. The summed E-state index contributed by atoms with van der Waals surface area (Å²) in [6, 6.07) is 1.11. The maximum atomic E-state index is 5.64. The molecular weight excluding hydrogens is 499 g/mol. The van der Waals surface area contributed by atoms with Gasteiger partial charge in [-0.15, -0.1) is 0 Å². The lowest BCUT2D eigenvalue weighted by Crippen LogP contribution is -2.15. The predicted molar refractivity (Wildman–Crippen MR) is 179 cm³/mol. The fourth-order valence-corrected chi connectivity index (χ4v) is 5.98. The standard InChI is InChI=1S/C11H23NS.C10H23NS.C9H21NS/c1-10(2)6-4-5-8-13-9-7-11(3)12;1-9(2)5-4-7-12-8-6-10(3)11;1-8(2)4-6-11-7-5-9(3)10/h4-5,10-11H,6-9,12H2,1-3H3;9-10H,4-8,11H2,1-3H3;8-9H,4-7,10H2,1-3H3/b5-4+;;/t11-;10-;9-/m111/s1. The molecule has 0 aromatic carbocycles. The largest absolute Gasteiger partial charge is 0.328 e. The summed E-state index contributed by atoms with van der Waals surface area (Å²) in [4.78, 5) is 0. The molecule has 0 saturated carbocycles. The molecule has 0 rings (SSSR count). The zero-order chi connectivity index (χ0) is 28.2. The van der Waals surface area contributed by atoms with Crippen LogP contribution in [0.4, 0.5) is 0 Å². The third-order valence-corrected chi connectivity index (χ3v) is 8.15. The summed E-state index contributed by atoms with van der Waals surface area (Å²) in [6.45, 7) is 19.8. The fourth-order valence-electron chi connectivity index (χ4n) is 2.51. The number of rotatable bonds is 20. The van der Waals surface area contributed by atoms with Gasteiger partial charge in [-0.1, -0.05) is 60.1 Å². The molecule has 0 amide bonds. The van der Waals surface area contributed by atoms with Crippen LogP contribution in [0, 0.1) is 17.8 Å². The maximum Gasteiger partial charge on any atom is 0.0113 e. The Labute approximate surface area is 241 Å². The van der Waals surface area contributed by atoms with Crippen molar-refractivity contribution in [1.29, 1.82) is 0 Å². The molecule has 0 spiro atoms. The van der Waals surface area contributed by atoms with Crippen molar-refractivity contribution in [3.63, 3.8) is 0 Å². The fraction of sp³-hybridized carbons (Fsp3) is 0.933. The van der Waals surface area contributed by atoms with E-state index < -0.39 is 0 Å². The highest BCUT2D eigenvalue weighted by molar-refractivity contribution is 7.99. The van der Waals surface area contributed by atoms with Crippen LogP contribution in [0.1, 0.15) is 107 Å². The van der Waals surface area contributed by atoms with Crippen LogP contribution in [0.15, 0.2) is 12.2 Å².